The predicted octanol–water partition coefficient (Wildman–Crippen LogP) is 3.67. The van der Waals surface area contributed by atoms with E-state index in [0.29, 0.717) is 6.54 Å². The molecule has 2 heterocycles. The van der Waals surface area contributed by atoms with Crippen LogP contribution in [-0.4, -0.2) is 30.4 Å². The minimum absolute atomic E-state index is 0.669. The maximum atomic E-state index is 4.23. The van der Waals surface area contributed by atoms with Gasteiger partial charge in [0.05, 0.1) is 11.9 Å². The fourth-order valence-corrected chi connectivity index (χ4v) is 3.09. The predicted molar refractivity (Wildman–Crippen MR) is 105 cm³/mol. The van der Waals surface area contributed by atoms with E-state index >= 15 is 0 Å². The summed E-state index contributed by atoms with van der Waals surface area (Å²) >= 11 is 0. The summed E-state index contributed by atoms with van der Waals surface area (Å²) in [5.41, 5.74) is 6.51. The van der Waals surface area contributed by atoms with Crippen molar-refractivity contribution in [1.82, 2.24) is 30.4 Å². The molecule has 0 aliphatic heterocycles. The summed E-state index contributed by atoms with van der Waals surface area (Å²) in [6.45, 7) is 5.51. The average molecular weight is 359 g/mol. The lowest BCUT2D eigenvalue weighted by molar-refractivity contribution is 0.631. The largest absolute Gasteiger partial charge is 0.381 e. The van der Waals surface area contributed by atoms with Crippen LogP contribution in [-0.2, 0) is 13.1 Å². The Morgan fingerprint density at radius 2 is 1.93 bits per heavy atom. The molecule has 0 fully saturated rings. The molecule has 0 aliphatic rings. The third-order valence-electron chi connectivity index (χ3n) is 4.46. The van der Waals surface area contributed by atoms with Crippen LogP contribution in [0.4, 0.5) is 5.69 Å². The molecule has 4 aromatic rings. The Morgan fingerprint density at radius 1 is 1.07 bits per heavy atom. The van der Waals surface area contributed by atoms with Gasteiger partial charge < -0.3 is 5.32 Å². The summed E-state index contributed by atoms with van der Waals surface area (Å²) < 4.78 is 1.78. The number of aromatic nitrogens is 6. The lowest BCUT2D eigenvalue weighted by atomic mass is 10.1. The standard InChI is InChI=1S/C20H21N7/c1-3-27-20(24-25-26-27)16-8-5-9-18(11-16)21-12-17-13-22-23-19(17)15-7-4-6-14(2)10-15/h4-11,13,21H,3,12H2,1-2H3,(H,22,23). The number of rotatable bonds is 6. The van der Waals surface area contributed by atoms with Crippen molar-refractivity contribution in [2.45, 2.75) is 26.9 Å². The van der Waals surface area contributed by atoms with Gasteiger partial charge in [0.25, 0.3) is 0 Å². The van der Waals surface area contributed by atoms with Gasteiger partial charge in [-0.15, -0.1) is 5.10 Å². The highest BCUT2D eigenvalue weighted by molar-refractivity contribution is 5.65. The number of hydrogen-bond donors (Lipinski definition) is 2. The van der Waals surface area contributed by atoms with Crippen molar-refractivity contribution in [2.24, 2.45) is 0 Å². The zero-order chi connectivity index (χ0) is 18.6. The first-order valence-corrected chi connectivity index (χ1v) is 8.94. The van der Waals surface area contributed by atoms with Gasteiger partial charge in [0.1, 0.15) is 0 Å². The van der Waals surface area contributed by atoms with Gasteiger partial charge in [-0.05, 0) is 42.5 Å². The van der Waals surface area contributed by atoms with Gasteiger partial charge in [0.2, 0.25) is 0 Å². The molecule has 0 aliphatic carbocycles. The van der Waals surface area contributed by atoms with Crippen molar-refractivity contribution in [1.29, 1.82) is 0 Å². The molecule has 0 saturated heterocycles. The fourth-order valence-electron chi connectivity index (χ4n) is 3.09. The zero-order valence-electron chi connectivity index (χ0n) is 15.3. The Morgan fingerprint density at radius 3 is 2.78 bits per heavy atom. The smallest absolute Gasteiger partial charge is 0.182 e. The number of anilines is 1. The van der Waals surface area contributed by atoms with Crippen LogP contribution in [0.1, 0.15) is 18.1 Å². The highest BCUT2D eigenvalue weighted by Crippen LogP contribution is 2.24. The van der Waals surface area contributed by atoms with Crippen molar-refractivity contribution in [2.75, 3.05) is 5.32 Å². The highest BCUT2D eigenvalue weighted by Gasteiger charge is 2.10. The van der Waals surface area contributed by atoms with Crippen molar-refractivity contribution >= 4 is 5.69 Å². The van der Waals surface area contributed by atoms with Gasteiger partial charge in [0, 0.05) is 35.5 Å². The van der Waals surface area contributed by atoms with Gasteiger partial charge in [0.15, 0.2) is 5.82 Å². The van der Waals surface area contributed by atoms with Crippen molar-refractivity contribution in [3.8, 4) is 22.6 Å². The van der Waals surface area contributed by atoms with Gasteiger partial charge in [-0.2, -0.15) is 5.10 Å². The van der Waals surface area contributed by atoms with Crippen molar-refractivity contribution in [3.63, 3.8) is 0 Å². The first-order valence-electron chi connectivity index (χ1n) is 8.94. The first kappa shape index (κ1) is 17.0. The SMILES string of the molecule is CCn1nnnc1-c1cccc(NCc2cn[nH]c2-c2cccc(C)c2)c1. The van der Waals surface area contributed by atoms with E-state index in [1.54, 1.807) is 4.68 Å². The third kappa shape index (κ3) is 3.57. The lowest BCUT2D eigenvalue weighted by Crippen LogP contribution is -2.02. The molecule has 27 heavy (non-hydrogen) atoms. The van der Waals surface area contributed by atoms with Crippen LogP contribution in [0.3, 0.4) is 0 Å². The number of H-pyrrole nitrogens is 1. The summed E-state index contributed by atoms with van der Waals surface area (Å²) in [5, 5.41) is 22.7. The molecule has 7 heteroatoms. The molecule has 2 aromatic heterocycles. The van der Waals surface area contributed by atoms with E-state index in [9.17, 15) is 0 Å². The van der Waals surface area contributed by atoms with Gasteiger partial charge in [-0.1, -0.05) is 35.9 Å². The second-order valence-electron chi connectivity index (χ2n) is 6.39. The summed E-state index contributed by atoms with van der Waals surface area (Å²) in [7, 11) is 0. The maximum absolute atomic E-state index is 4.23. The van der Waals surface area contributed by atoms with E-state index in [1.165, 1.54) is 5.56 Å². The highest BCUT2D eigenvalue weighted by atomic mass is 15.5. The summed E-state index contributed by atoms with van der Waals surface area (Å²) in [5.74, 6) is 0.768. The zero-order valence-corrected chi connectivity index (χ0v) is 15.3. The van der Waals surface area contributed by atoms with E-state index in [2.05, 4.69) is 68.3 Å². The van der Waals surface area contributed by atoms with Crippen LogP contribution in [0.2, 0.25) is 0 Å². The fraction of sp³-hybridized carbons (Fsp3) is 0.200. The average Bonchev–Trinajstić information content (AvgIpc) is 3.35. The Hall–Kier alpha value is -3.48. The van der Waals surface area contributed by atoms with Crippen LogP contribution >= 0.6 is 0 Å². The number of aromatic amines is 1. The van der Waals surface area contributed by atoms with E-state index in [4.69, 9.17) is 0 Å². The molecular weight excluding hydrogens is 338 g/mol. The Kier molecular flexibility index (Phi) is 4.65. The van der Waals surface area contributed by atoms with Crippen LogP contribution in [0.25, 0.3) is 22.6 Å². The molecule has 0 radical (unpaired) electrons. The van der Waals surface area contributed by atoms with Crippen molar-refractivity contribution in [3.05, 3.63) is 65.9 Å². The molecule has 0 spiro atoms. The third-order valence-corrected chi connectivity index (χ3v) is 4.46. The summed E-state index contributed by atoms with van der Waals surface area (Å²) in [6.07, 6.45) is 1.87. The molecule has 136 valence electrons. The molecular formula is C20H21N7. The van der Waals surface area contributed by atoms with Crippen LogP contribution in [0, 0.1) is 6.92 Å². The molecule has 0 saturated carbocycles. The van der Waals surface area contributed by atoms with E-state index in [-0.39, 0.29) is 0 Å². The summed E-state index contributed by atoms with van der Waals surface area (Å²) in [6, 6.07) is 16.5. The molecule has 0 amide bonds. The van der Waals surface area contributed by atoms with Gasteiger partial charge >= 0.3 is 0 Å². The topological polar surface area (TPSA) is 84.3 Å². The number of nitrogens with one attached hydrogen (secondary N) is 2. The van der Waals surface area contributed by atoms with Crippen LogP contribution in [0.5, 0.6) is 0 Å². The monoisotopic (exact) mass is 359 g/mol. The van der Waals surface area contributed by atoms with Crippen LogP contribution < -0.4 is 5.32 Å². The lowest BCUT2D eigenvalue weighted by Gasteiger charge is -2.09. The molecule has 7 nitrogen and oxygen atoms in total. The first-order chi connectivity index (χ1) is 13.2. The number of tetrazole rings is 1. The quantitative estimate of drug-likeness (QED) is 0.549. The molecule has 2 N–H and O–H groups in total. The Bertz CT molecular complexity index is 1050. The normalized spacial score (nSPS) is 10.9. The Balaban J connectivity index is 1.54. The van der Waals surface area contributed by atoms with Gasteiger partial charge in [-0.25, -0.2) is 4.68 Å². The van der Waals surface area contributed by atoms with E-state index < -0.39 is 0 Å². The molecule has 0 bridgehead atoms. The van der Waals surface area contributed by atoms with E-state index in [0.717, 1.165) is 40.4 Å². The number of hydrogen-bond acceptors (Lipinski definition) is 5. The molecule has 0 atom stereocenters. The summed E-state index contributed by atoms with van der Waals surface area (Å²) in [4.78, 5) is 0. The van der Waals surface area contributed by atoms with Crippen molar-refractivity contribution < 1.29 is 0 Å². The molecule has 2 aromatic carbocycles. The van der Waals surface area contributed by atoms with Gasteiger partial charge in [-0.3, -0.25) is 5.10 Å². The molecule has 0 unspecified atom stereocenters. The number of nitrogens with zero attached hydrogens (tertiary/aromatic N) is 5. The Labute approximate surface area is 157 Å². The minimum Gasteiger partial charge on any atom is -0.381 e. The second-order valence-corrected chi connectivity index (χ2v) is 6.39. The number of benzene rings is 2. The second kappa shape index (κ2) is 7.41. The minimum atomic E-state index is 0.669. The molecule has 4 rings (SSSR count). The van der Waals surface area contributed by atoms with Crippen LogP contribution in [0.15, 0.2) is 54.7 Å². The number of aryl methyl sites for hydroxylation is 2. The maximum Gasteiger partial charge on any atom is 0.182 e. The van der Waals surface area contributed by atoms with E-state index in [1.807, 2.05) is 31.3 Å².